The van der Waals surface area contributed by atoms with Crippen LogP contribution in [0.25, 0.3) is 0 Å². The number of benzene rings is 1. The van der Waals surface area contributed by atoms with Gasteiger partial charge in [0, 0.05) is 12.7 Å². The van der Waals surface area contributed by atoms with E-state index < -0.39 is 17.2 Å². The van der Waals surface area contributed by atoms with Gasteiger partial charge in [0.25, 0.3) is 0 Å². The van der Waals surface area contributed by atoms with Gasteiger partial charge in [0.2, 0.25) is 5.91 Å². The number of carbonyl (C=O) groups excluding carboxylic acids is 1. The van der Waals surface area contributed by atoms with Gasteiger partial charge in [-0.15, -0.1) is 0 Å². The van der Waals surface area contributed by atoms with Gasteiger partial charge in [-0.2, -0.15) is 0 Å². The Labute approximate surface area is 144 Å². The number of ether oxygens (including phenoxy) is 2. The van der Waals surface area contributed by atoms with E-state index in [0.29, 0.717) is 24.6 Å². The fourth-order valence-corrected chi connectivity index (χ4v) is 2.74. The first-order valence-corrected chi connectivity index (χ1v) is 7.89. The maximum atomic E-state index is 13.2. The number of pyridine rings is 1. The van der Waals surface area contributed by atoms with E-state index in [1.165, 1.54) is 12.3 Å². The van der Waals surface area contributed by atoms with E-state index in [2.05, 4.69) is 10.3 Å². The highest BCUT2D eigenvalue weighted by Crippen LogP contribution is 2.32. The van der Waals surface area contributed by atoms with E-state index in [4.69, 9.17) is 9.47 Å². The van der Waals surface area contributed by atoms with E-state index >= 15 is 0 Å². The molecule has 1 N–H and O–H groups in total. The van der Waals surface area contributed by atoms with Crippen molar-refractivity contribution in [2.75, 3.05) is 11.9 Å². The quantitative estimate of drug-likeness (QED) is 0.910. The summed E-state index contributed by atoms with van der Waals surface area (Å²) in [5.74, 6) is -1.45. The Bertz CT molecular complexity index is 778. The fourth-order valence-electron chi connectivity index (χ4n) is 2.74. The van der Waals surface area contributed by atoms with Crippen LogP contribution in [0.5, 0.6) is 11.5 Å². The maximum absolute atomic E-state index is 13.2. The third-order valence-corrected chi connectivity index (χ3v) is 4.15. The number of hydrogen-bond donors (Lipinski definition) is 1. The van der Waals surface area contributed by atoms with Crippen molar-refractivity contribution >= 4 is 11.7 Å². The van der Waals surface area contributed by atoms with Crippen molar-refractivity contribution in [3.05, 3.63) is 48.2 Å². The molecule has 0 saturated carbocycles. The van der Waals surface area contributed by atoms with Crippen LogP contribution < -0.4 is 10.1 Å². The summed E-state index contributed by atoms with van der Waals surface area (Å²) < 4.78 is 37.0. The summed E-state index contributed by atoms with van der Waals surface area (Å²) in [5.41, 5.74) is -0.500. The molecule has 0 bridgehead atoms. The monoisotopic (exact) mass is 348 g/mol. The van der Waals surface area contributed by atoms with Crippen molar-refractivity contribution in [3.63, 3.8) is 0 Å². The lowest BCUT2D eigenvalue weighted by atomic mass is 9.90. The largest absolute Gasteiger partial charge is 0.456 e. The first kappa shape index (κ1) is 17.3. The molecule has 7 heteroatoms. The van der Waals surface area contributed by atoms with Crippen LogP contribution in [0, 0.1) is 17.6 Å². The van der Waals surface area contributed by atoms with Gasteiger partial charge in [0.05, 0.1) is 17.7 Å². The fraction of sp³-hybridized carbons (Fsp3) is 0.333. The van der Waals surface area contributed by atoms with Crippen LogP contribution in [-0.4, -0.2) is 23.1 Å². The van der Waals surface area contributed by atoms with E-state index in [1.807, 2.05) is 13.8 Å². The molecule has 2 aromatic rings. The number of anilines is 1. The normalized spacial score (nSPS) is 18.8. The van der Waals surface area contributed by atoms with Crippen LogP contribution in [0.2, 0.25) is 0 Å². The van der Waals surface area contributed by atoms with E-state index in [0.717, 1.165) is 12.1 Å². The molecular formula is C18H18F2N2O3. The molecule has 1 saturated heterocycles. The molecule has 2 heterocycles. The maximum Gasteiger partial charge on any atom is 0.231 e. The standard InChI is InChI=1S/C18H18F2N2O3/c1-18(2)13(7-8-24-18)17(23)22-16-6-4-12(10-21-16)25-11-3-5-14(19)15(20)9-11/h3-6,9-10,13H,7-8H2,1-2H3,(H,21,22,23). The van der Waals surface area contributed by atoms with Gasteiger partial charge in [0.15, 0.2) is 11.6 Å². The van der Waals surface area contributed by atoms with Crippen molar-refractivity contribution in [2.24, 2.45) is 5.92 Å². The second-order valence-corrected chi connectivity index (χ2v) is 6.34. The van der Waals surface area contributed by atoms with E-state index in [-0.39, 0.29) is 17.6 Å². The Hall–Kier alpha value is -2.54. The minimum atomic E-state index is -0.990. The lowest BCUT2D eigenvalue weighted by molar-refractivity contribution is -0.124. The number of hydrogen-bond acceptors (Lipinski definition) is 4. The third kappa shape index (κ3) is 3.93. The number of aromatic nitrogens is 1. The Kier molecular flexibility index (Phi) is 4.67. The summed E-state index contributed by atoms with van der Waals surface area (Å²) in [6.07, 6.45) is 2.06. The average molecular weight is 348 g/mol. The van der Waals surface area contributed by atoms with Gasteiger partial charge in [0.1, 0.15) is 17.3 Å². The molecular weight excluding hydrogens is 330 g/mol. The lowest BCUT2D eigenvalue weighted by Crippen LogP contribution is -2.36. The van der Waals surface area contributed by atoms with Crippen molar-refractivity contribution in [1.29, 1.82) is 0 Å². The first-order valence-electron chi connectivity index (χ1n) is 7.89. The summed E-state index contributed by atoms with van der Waals surface area (Å²) in [4.78, 5) is 16.4. The second-order valence-electron chi connectivity index (χ2n) is 6.34. The van der Waals surface area contributed by atoms with Gasteiger partial charge >= 0.3 is 0 Å². The summed E-state index contributed by atoms with van der Waals surface area (Å²) >= 11 is 0. The van der Waals surface area contributed by atoms with Crippen LogP contribution in [0.1, 0.15) is 20.3 Å². The molecule has 1 unspecified atom stereocenters. The van der Waals surface area contributed by atoms with Crippen LogP contribution >= 0.6 is 0 Å². The van der Waals surface area contributed by atoms with Gasteiger partial charge in [-0.1, -0.05) is 0 Å². The minimum Gasteiger partial charge on any atom is -0.456 e. The van der Waals surface area contributed by atoms with Crippen LogP contribution in [0.15, 0.2) is 36.5 Å². The summed E-state index contributed by atoms with van der Waals surface area (Å²) in [6.45, 7) is 4.33. The number of nitrogens with one attached hydrogen (secondary N) is 1. The van der Waals surface area contributed by atoms with E-state index in [1.54, 1.807) is 12.1 Å². The Morgan fingerprint density at radius 3 is 2.60 bits per heavy atom. The molecule has 0 spiro atoms. The number of nitrogens with zero attached hydrogens (tertiary/aromatic N) is 1. The molecule has 1 aliphatic heterocycles. The molecule has 0 aliphatic carbocycles. The van der Waals surface area contributed by atoms with Gasteiger partial charge in [-0.25, -0.2) is 13.8 Å². The van der Waals surface area contributed by atoms with Crippen LogP contribution in [-0.2, 0) is 9.53 Å². The van der Waals surface area contributed by atoms with Gasteiger partial charge in [-0.05, 0) is 44.5 Å². The predicted octanol–water partition coefficient (Wildman–Crippen LogP) is 3.91. The third-order valence-electron chi connectivity index (χ3n) is 4.15. The zero-order valence-corrected chi connectivity index (χ0v) is 13.9. The topological polar surface area (TPSA) is 60.5 Å². The molecule has 1 atom stereocenters. The molecule has 3 rings (SSSR count). The number of amides is 1. The number of halogens is 2. The SMILES string of the molecule is CC1(C)OCCC1C(=O)Nc1ccc(Oc2ccc(F)c(F)c2)cn1. The molecule has 1 amide bonds. The Balaban J connectivity index is 1.64. The van der Waals surface area contributed by atoms with Crippen molar-refractivity contribution in [1.82, 2.24) is 4.98 Å². The molecule has 1 fully saturated rings. The lowest BCUT2D eigenvalue weighted by Gasteiger charge is -2.24. The van der Waals surface area contributed by atoms with Crippen LogP contribution in [0.4, 0.5) is 14.6 Å². The van der Waals surface area contributed by atoms with Crippen molar-refractivity contribution in [3.8, 4) is 11.5 Å². The van der Waals surface area contributed by atoms with Gasteiger partial charge < -0.3 is 14.8 Å². The summed E-state index contributed by atoms with van der Waals surface area (Å²) in [6, 6.07) is 6.41. The molecule has 0 radical (unpaired) electrons. The summed E-state index contributed by atoms with van der Waals surface area (Å²) in [5, 5.41) is 2.75. The van der Waals surface area contributed by atoms with E-state index in [9.17, 15) is 13.6 Å². The molecule has 25 heavy (non-hydrogen) atoms. The highest BCUT2D eigenvalue weighted by molar-refractivity contribution is 5.92. The van der Waals surface area contributed by atoms with Crippen molar-refractivity contribution < 1.29 is 23.0 Å². The highest BCUT2D eigenvalue weighted by Gasteiger charge is 2.40. The zero-order chi connectivity index (χ0) is 18.0. The molecule has 132 valence electrons. The smallest absolute Gasteiger partial charge is 0.231 e. The summed E-state index contributed by atoms with van der Waals surface area (Å²) in [7, 11) is 0. The van der Waals surface area contributed by atoms with Gasteiger partial charge in [-0.3, -0.25) is 4.79 Å². The van der Waals surface area contributed by atoms with Crippen molar-refractivity contribution in [2.45, 2.75) is 25.9 Å². The number of carbonyl (C=O) groups is 1. The minimum absolute atomic E-state index is 0.149. The molecule has 5 nitrogen and oxygen atoms in total. The van der Waals surface area contributed by atoms with Crippen LogP contribution in [0.3, 0.4) is 0 Å². The second kappa shape index (κ2) is 6.76. The molecule has 1 aromatic heterocycles. The number of rotatable bonds is 4. The Morgan fingerprint density at radius 2 is 2.00 bits per heavy atom. The highest BCUT2D eigenvalue weighted by atomic mass is 19.2. The molecule has 1 aliphatic rings. The average Bonchev–Trinajstić information content (AvgIpc) is 2.92. The Morgan fingerprint density at radius 1 is 1.24 bits per heavy atom. The molecule has 1 aromatic carbocycles. The first-order chi connectivity index (χ1) is 11.8. The zero-order valence-electron chi connectivity index (χ0n) is 13.9. The predicted molar refractivity (Wildman–Crippen MR) is 87.4 cm³/mol.